The summed E-state index contributed by atoms with van der Waals surface area (Å²) in [6.45, 7) is 8.64. The topological polar surface area (TPSA) is 83.5 Å². The van der Waals surface area contributed by atoms with Crippen molar-refractivity contribution in [3.63, 3.8) is 0 Å². The van der Waals surface area contributed by atoms with E-state index in [9.17, 15) is 9.13 Å². The van der Waals surface area contributed by atoms with Gasteiger partial charge in [-0.15, -0.1) is 9.05 Å². The maximum Gasteiger partial charge on any atom is 0.697 e. The molecule has 0 amide bonds. The molecule has 0 aliphatic carbocycles. The SMILES string of the molecule is CCOP(=O)(OCC)c1ccccc1-c1c(OC)cccc1N(C)C.CCO[P+](=O)OCC. The second kappa shape index (κ2) is 15.2. The molecule has 0 radical (unpaired) electrons. The van der Waals surface area contributed by atoms with Crippen LogP contribution in [-0.2, 0) is 27.2 Å². The largest absolute Gasteiger partial charge is 0.697 e. The van der Waals surface area contributed by atoms with Crippen molar-refractivity contribution >= 4 is 26.8 Å². The molecular weight excluding hydrogens is 464 g/mol. The van der Waals surface area contributed by atoms with E-state index in [-0.39, 0.29) is 0 Å². The molecule has 0 unspecified atom stereocenters. The molecule has 2 rings (SSSR count). The molecular formula is C23H36NO7P2+. The van der Waals surface area contributed by atoms with Crippen molar-refractivity contribution in [3.05, 3.63) is 42.5 Å². The number of anilines is 1. The number of nitrogens with zero attached hydrogens (tertiary/aromatic N) is 1. The lowest BCUT2D eigenvalue weighted by Crippen LogP contribution is -2.16. The van der Waals surface area contributed by atoms with E-state index in [2.05, 4.69) is 9.05 Å². The van der Waals surface area contributed by atoms with Gasteiger partial charge < -0.3 is 18.7 Å². The molecule has 0 fully saturated rings. The summed E-state index contributed by atoms with van der Waals surface area (Å²) in [5.74, 6) is 0.707. The summed E-state index contributed by atoms with van der Waals surface area (Å²) >= 11 is 0. The molecule has 0 aliphatic rings. The Morgan fingerprint density at radius 2 is 1.42 bits per heavy atom. The smallest absolute Gasteiger partial charge is 0.496 e. The highest BCUT2D eigenvalue weighted by Crippen LogP contribution is 2.51. The molecule has 0 N–H and O–H groups in total. The molecule has 33 heavy (non-hydrogen) atoms. The lowest BCUT2D eigenvalue weighted by molar-refractivity contribution is 0.230. The van der Waals surface area contributed by atoms with Crippen LogP contribution in [0.3, 0.4) is 0 Å². The van der Waals surface area contributed by atoms with Crippen molar-refractivity contribution in [1.82, 2.24) is 0 Å². The third-order valence-electron chi connectivity index (χ3n) is 4.24. The summed E-state index contributed by atoms with van der Waals surface area (Å²) in [5, 5.41) is 0.547. The van der Waals surface area contributed by atoms with Crippen molar-refractivity contribution in [3.8, 4) is 16.9 Å². The Labute approximate surface area is 198 Å². The summed E-state index contributed by atoms with van der Waals surface area (Å²) in [4.78, 5) is 2.00. The highest BCUT2D eigenvalue weighted by atomic mass is 31.2. The van der Waals surface area contributed by atoms with E-state index in [0.717, 1.165) is 16.8 Å². The standard InChI is InChI=1S/C19H26NO4P.C4H10O3P/c1-6-23-25(21,24-7-2)18-14-9-8-11-15(18)19-16(20(3)4)12-10-13-17(19)22-5;1-3-6-8(5)7-4-2/h8-14H,6-7H2,1-5H3;3-4H2,1-2H3/q;+1. The number of ether oxygens (including phenoxy) is 1. The van der Waals surface area contributed by atoms with Gasteiger partial charge >= 0.3 is 15.9 Å². The second-order valence-electron chi connectivity index (χ2n) is 6.66. The van der Waals surface area contributed by atoms with E-state index in [1.165, 1.54) is 0 Å². The third kappa shape index (κ3) is 8.49. The summed E-state index contributed by atoms with van der Waals surface area (Å²) in [5.41, 5.74) is 2.62. The maximum absolute atomic E-state index is 13.4. The number of rotatable bonds is 12. The van der Waals surface area contributed by atoms with E-state index in [0.29, 0.717) is 37.5 Å². The minimum atomic E-state index is -3.43. The molecule has 0 aromatic heterocycles. The summed E-state index contributed by atoms with van der Waals surface area (Å²) in [6.07, 6.45) is 0. The van der Waals surface area contributed by atoms with Crippen LogP contribution in [0.15, 0.2) is 42.5 Å². The molecule has 0 heterocycles. The van der Waals surface area contributed by atoms with Crippen molar-refractivity contribution in [2.45, 2.75) is 27.7 Å². The van der Waals surface area contributed by atoms with E-state index >= 15 is 0 Å². The van der Waals surface area contributed by atoms with Gasteiger partial charge in [-0.1, -0.05) is 24.3 Å². The molecule has 0 bridgehead atoms. The van der Waals surface area contributed by atoms with Crippen molar-refractivity contribution in [2.24, 2.45) is 0 Å². The number of benzene rings is 2. The van der Waals surface area contributed by atoms with Crippen LogP contribution >= 0.6 is 15.9 Å². The molecule has 0 saturated carbocycles. The van der Waals surface area contributed by atoms with Gasteiger partial charge in [-0.25, -0.2) is 0 Å². The zero-order valence-corrected chi connectivity index (χ0v) is 22.4. The summed E-state index contributed by atoms with van der Waals surface area (Å²) in [6, 6.07) is 13.3. The quantitative estimate of drug-likeness (QED) is 0.327. The van der Waals surface area contributed by atoms with Gasteiger partial charge in [0.2, 0.25) is 0 Å². The Morgan fingerprint density at radius 1 is 0.848 bits per heavy atom. The monoisotopic (exact) mass is 500 g/mol. The minimum Gasteiger partial charge on any atom is -0.496 e. The van der Waals surface area contributed by atoms with Crippen LogP contribution in [0.1, 0.15) is 27.7 Å². The number of hydrogen-bond acceptors (Lipinski definition) is 8. The Bertz CT molecular complexity index is 903. The Hall–Kier alpha value is -1.79. The first-order valence-corrected chi connectivity index (χ1v) is 13.5. The number of methoxy groups -OCH3 is 1. The predicted molar refractivity (Wildman–Crippen MR) is 134 cm³/mol. The Balaban J connectivity index is 0.000000582. The van der Waals surface area contributed by atoms with Crippen molar-refractivity contribution in [1.29, 1.82) is 0 Å². The van der Waals surface area contributed by atoms with Crippen LogP contribution in [0.25, 0.3) is 11.1 Å². The summed E-state index contributed by atoms with van der Waals surface area (Å²) < 4.78 is 49.6. The normalized spacial score (nSPS) is 10.9. The molecule has 0 aliphatic heterocycles. The lowest BCUT2D eigenvalue weighted by Gasteiger charge is -2.24. The van der Waals surface area contributed by atoms with E-state index in [1.807, 2.05) is 69.2 Å². The van der Waals surface area contributed by atoms with Crippen LogP contribution in [0.2, 0.25) is 0 Å². The molecule has 2 aromatic carbocycles. The fourth-order valence-corrected chi connectivity index (χ4v) is 5.30. The highest BCUT2D eigenvalue weighted by molar-refractivity contribution is 7.62. The first kappa shape index (κ1) is 29.2. The zero-order chi connectivity index (χ0) is 24.9. The number of hydrogen-bond donors (Lipinski definition) is 0. The van der Waals surface area contributed by atoms with Gasteiger partial charge in [0.05, 0.1) is 25.6 Å². The summed E-state index contributed by atoms with van der Waals surface area (Å²) in [7, 11) is 0.298. The van der Waals surface area contributed by atoms with E-state index < -0.39 is 15.9 Å². The van der Waals surface area contributed by atoms with Gasteiger partial charge in [-0.3, -0.25) is 4.57 Å². The zero-order valence-electron chi connectivity index (χ0n) is 20.6. The first-order chi connectivity index (χ1) is 15.8. The van der Waals surface area contributed by atoms with Crippen LogP contribution < -0.4 is 14.9 Å². The third-order valence-corrected chi connectivity index (χ3v) is 7.36. The van der Waals surface area contributed by atoms with Gasteiger partial charge in [0.25, 0.3) is 0 Å². The average Bonchev–Trinajstić information content (AvgIpc) is 2.79. The Kier molecular flexibility index (Phi) is 13.4. The maximum atomic E-state index is 13.4. The molecule has 0 saturated heterocycles. The molecule has 0 spiro atoms. The minimum absolute atomic E-state index is 0.304. The molecule has 10 heteroatoms. The first-order valence-electron chi connectivity index (χ1n) is 10.9. The van der Waals surface area contributed by atoms with Gasteiger partial charge in [-0.05, 0) is 45.9 Å². The fraction of sp³-hybridized carbons (Fsp3) is 0.478. The molecule has 0 atom stereocenters. The molecule has 8 nitrogen and oxygen atoms in total. The highest BCUT2D eigenvalue weighted by Gasteiger charge is 2.31. The average molecular weight is 500 g/mol. The van der Waals surface area contributed by atoms with Gasteiger partial charge in [-0.2, -0.15) is 0 Å². The predicted octanol–water partition coefficient (Wildman–Crippen LogP) is 6.04. The van der Waals surface area contributed by atoms with Crippen LogP contribution in [0.4, 0.5) is 5.69 Å². The molecule has 184 valence electrons. The van der Waals surface area contributed by atoms with E-state index in [4.69, 9.17) is 13.8 Å². The van der Waals surface area contributed by atoms with Crippen LogP contribution in [-0.4, -0.2) is 47.6 Å². The lowest BCUT2D eigenvalue weighted by atomic mass is 10.0. The van der Waals surface area contributed by atoms with Crippen LogP contribution in [0.5, 0.6) is 5.75 Å². The molecule has 2 aromatic rings. The van der Waals surface area contributed by atoms with Gasteiger partial charge in [0.1, 0.15) is 19.0 Å². The van der Waals surface area contributed by atoms with Crippen LogP contribution in [0, 0.1) is 0 Å². The van der Waals surface area contributed by atoms with Crippen molar-refractivity contribution in [2.75, 3.05) is 52.5 Å². The van der Waals surface area contributed by atoms with Gasteiger partial charge in [0.15, 0.2) is 0 Å². The van der Waals surface area contributed by atoms with Gasteiger partial charge in [0, 0.05) is 35.5 Å². The fourth-order valence-electron chi connectivity index (χ4n) is 3.02. The second-order valence-corrected chi connectivity index (χ2v) is 9.61. The van der Waals surface area contributed by atoms with E-state index in [1.54, 1.807) is 27.0 Å². The Morgan fingerprint density at radius 3 is 1.91 bits per heavy atom. The van der Waals surface area contributed by atoms with Crippen molar-refractivity contribution < 1.29 is 32.0 Å².